The zero-order valence-corrected chi connectivity index (χ0v) is 12.5. The summed E-state index contributed by atoms with van der Waals surface area (Å²) in [7, 11) is 0. The molecule has 3 atom stereocenters. The quantitative estimate of drug-likeness (QED) is 0.567. The van der Waals surface area contributed by atoms with Crippen LogP contribution >= 0.6 is 0 Å². The molecule has 3 rings (SSSR count). The lowest BCUT2D eigenvalue weighted by molar-refractivity contribution is -0.147. The maximum Gasteiger partial charge on any atom is 0.242 e. The highest BCUT2D eigenvalue weighted by Crippen LogP contribution is 2.35. The van der Waals surface area contributed by atoms with Crippen LogP contribution in [-0.4, -0.2) is 47.2 Å². The van der Waals surface area contributed by atoms with Crippen molar-refractivity contribution in [3.8, 4) is 0 Å². The van der Waals surface area contributed by atoms with Gasteiger partial charge in [0.25, 0.3) is 0 Å². The number of carbonyl (C=O) groups excluding carboxylic acids is 3. The summed E-state index contributed by atoms with van der Waals surface area (Å²) in [5, 5.41) is 0. The Balaban J connectivity index is 1.66. The fourth-order valence-corrected chi connectivity index (χ4v) is 3.68. The Morgan fingerprint density at radius 1 is 1.19 bits per heavy atom. The molecule has 5 heteroatoms. The molecule has 0 saturated carbocycles. The Morgan fingerprint density at radius 3 is 2.38 bits per heavy atom. The zero-order valence-electron chi connectivity index (χ0n) is 12.5. The zero-order chi connectivity index (χ0) is 15.0. The molecule has 114 valence electrons. The number of hydrogen-bond donors (Lipinski definition) is 0. The Bertz CT molecular complexity index is 474. The van der Waals surface area contributed by atoms with E-state index >= 15 is 0 Å². The highest BCUT2D eigenvalue weighted by Gasteiger charge is 2.47. The molecule has 2 heterocycles. The molecule has 0 unspecified atom stereocenters. The van der Waals surface area contributed by atoms with Crippen LogP contribution in [0.1, 0.15) is 32.6 Å². The minimum atomic E-state index is -0.240. The molecule has 0 aromatic rings. The minimum Gasteiger partial charge on any atom is -0.341 e. The molecule has 0 bridgehead atoms. The summed E-state index contributed by atoms with van der Waals surface area (Å²) in [5.74, 6) is -0.388. The number of nitrogens with zero attached hydrogens (tertiary/aromatic N) is 2. The van der Waals surface area contributed by atoms with Gasteiger partial charge in [-0.15, -0.1) is 0 Å². The van der Waals surface area contributed by atoms with Crippen molar-refractivity contribution < 1.29 is 14.4 Å². The molecular weight excluding hydrogens is 268 g/mol. The van der Waals surface area contributed by atoms with Crippen LogP contribution < -0.4 is 0 Å². The Labute approximate surface area is 125 Å². The van der Waals surface area contributed by atoms with Gasteiger partial charge in [0, 0.05) is 13.1 Å². The molecule has 3 amide bonds. The van der Waals surface area contributed by atoms with Gasteiger partial charge in [-0.2, -0.15) is 0 Å². The highest BCUT2D eigenvalue weighted by atomic mass is 16.2. The number of fused-ring (bicyclic) bond motifs is 1. The minimum absolute atomic E-state index is 0.0720. The van der Waals surface area contributed by atoms with Crippen molar-refractivity contribution in [3.63, 3.8) is 0 Å². The van der Waals surface area contributed by atoms with E-state index in [1.54, 1.807) is 4.90 Å². The number of rotatable bonds is 2. The maximum atomic E-state index is 12.4. The first-order chi connectivity index (χ1) is 10.1. The van der Waals surface area contributed by atoms with Crippen molar-refractivity contribution in [1.29, 1.82) is 0 Å². The molecule has 0 spiro atoms. The second-order valence-electron chi connectivity index (χ2n) is 6.51. The second kappa shape index (κ2) is 5.62. The summed E-state index contributed by atoms with van der Waals surface area (Å²) in [4.78, 5) is 40.0. The Hall–Kier alpha value is -1.65. The highest BCUT2D eigenvalue weighted by molar-refractivity contribution is 6.07. The molecule has 0 N–H and O–H groups in total. The van der Waals surface area contributed by atoms with Gasteiger partial charge in [0.05, 0.1) is 11.8 Å². The first-order valence-corrected chi connectivity index (χ1v) is 7.86. The van der Waals surface area contributed by atoms with Crippen LogP contribution in [0.2, 0.25) is 0 Å². The van der Waals surface area contributed by atoms with Gasteiger partial charge in [0.1, 0.15) is 6.54 Å². The van der Waals surface area contributed by atoms with Crippen molar-refractivity contribution in [2.24, 2.45) is 17.8 Å². The van der Waals surface area contributed by atoms with Crippen LogP contribution in [0.25, 0.3) is 0 Å². The molecule has 0 aromatic heterocycles. The van der Waals surface area contributed by atoms with Crippen LogP contribution in [0, 0.1) is 17.8 Å². The predicted molar refractivity (Wildman–Crippen MR) is 77.1 cm³/mol. The van der Waals surface area contributed by atoms with E-state index in [-0.39, 0.29) is 36.1 Å². The Kier molecular flexibility index (Phi) is 3.83. The average Bonchev–Trinajstić information content (AvgIpc) is 2.73. The van der Waals surface area contributed by atoms with Crippen LogP contribution in [0.5, 0.6) is 0 Å². The van der Waals surface area contributed by atoms with Gasteiger partial charge in [0.2, 0.25) is 17.7 Å². The van der Waals surface area contributed by atoms with Crippen LogP contribution in [0.4, 0.5) is 0 Å². The molecule has 5 nitrogen and oxygen atoms in total. The van der Waals surface area contributed by atoms with Crippen LogP contribution in [0.15, 0.2) is 12.2 Å². The molecular formula is C16H22N2O3. The van der Waals surface area contributed by atoms with Crippen LogP contribution in [-0.2, 0) is 14.4 Å². The number of allylic oxidation sites excluding steroid dienone is 2. The number of hydrogen-bond acceptors (Lipinski definition) is 3. The predicted octanol–water partition coefficient (Wildman–Crippen LogP) is 1.20. The summed E-state index contributed by atoms with van der Waals surface area (Å²) in [5.41, 5.74) is 0. The van der Waals surface area contributed by atoms with E-state index in [2.05, 4.69) is 6.92 Å². The molecule has 2 fully saturated rings. The van der Waals surface area contributed by atoms with E-state index in [1.165, 1.54) is 4.90 Å². The standard InChI is InChI=1S/C16H22N2O3/c1-11-5-4-8-17(9-11)14(19)10-18-15(20)12-6-2-3-7-13(12)16(18)21/h2-3,11-13H,4-10H2,1H3/t11-,12-,13-/m1/s1. The number of carbonyl (C=O) groups is 3. The first kappa shape index (κ1) is 14.3. The summed E-state index contributed by atoms with van der Waals surface area (Å²) < 4.78 is 0. The van der Waals surface area contributed by atoms with E-state index < -0.39 is 0 Å². The van der Waals surface area contributed by atoms with Crippen LogP contribution in [0.3, 0.4) is 0 Å². The smallest absolute Gasteiger partial charge is 0.242 e. The van der Waals surface area contributed by atoms with E-state index in [0.29, 0.717) is 18.8 Å². The number of likely N-dealkylation sites (tertiary alicyclic amines) is 2. The van der Waals surface area contributed by atoms with Crippen molar-refractivity contribution in [1.82, 2.24) is 9.80 Å². The van der Waals surface area contributed by atoms with Gasteiger partial charge >= 0.3 is 0 Å². The molecule has 0 aromatic carbocycles. The average molecular weight is 290 g/mol. The Morgan fingerprint density at radius 2 is 1.81 bits per heavy atom. The summed E-state index contributed by atoms with van der Waals surface area (Å²) in [6, 6.07) is 0. The topological polar surface area (TPSA) is 57.7 Å². The van der Waals surface area contributed by atoms with Gasteiger partial charge in [0.15, 0.2) is 0 Å². The first-order valence-electron chi connectivity index (χ1n) is 7.86. The third-order valence-corrected chi connectivity index (χ3v) is 4.90. The summed E-state index contributed by atoms with van der Waals surface area (Å²) in [6.07, 6.45) is 7.32. The second-order valence-corrected chi connectivity index (χ2v) is 6.51. The fourth-order valence-electron chi connectivity index (χ4n) is 3.68. The molecule has 2 aliphatic heterocycles. The number of imide groups is 1. The normalized spacial score (nSPS) is 32.5. The van der Waals surface area contributed by atoms with Crippen molar-refractivity contribution in [2.45, 2.75) is 32.6 Å². The molecule has 1 aliphatic carbocycles. The SMILES string of the molecule is C[C@@H]1CCCN(C(=O)CN2C(=O)[C@@H]3CC=CC[C@H]3C2=O)C1. The van der Waals surface area contributed by atoms with Gasteiger partial charge in [-0.25, -0.2) is 0 Å². The number of piperidine rings is 1. The van der Waals surface area contributed by atoms with Crippen molar-refractivity contribution >= 4 is 17.7 Å². The lowest BCUT2D eigenvalue weighted by atomic mass is 9.85. The summed E-state index contributed by atoms with van der Waals surface area (Å²) in [6.45, 7) is 3.54. The molecule has 2 saturated heterocycles. The molecule has 0 radical (unpaired) electrons. The third kappa shape index (κ3) is 2.61. The van der Waals surface area contributed by atoms with E-state index in [9.17, 15) is 14.4 Å². The molecule has 3 aliphatic rings. The van der Waals surface area contributed by atoms with E-state index in [0.717, 1.165) is 25.9 Å². The van der Waals surface area contributed by atoms with Gasteiger partial charge in [-0.05, 0) is 31.6 Å². The van der Waals surface area contributed by atoms with Gasteiger partial charge in [-0.1, -0.05) is 19.1 Å². The lowest BCUT2D eigenvalue weighted by Gasteiger charge is -2.32. The van der Waals surface area contributed by atoms with Crippen molar-refractivity contribution in [3.05, 3.63) is 12.2 Å². The third-order valence-electron chi connectivity index (χ3n) is 4.90. The number of amides is 3. The van der Waals surface area contributed by atoms with E-state index in [1.807, 2.05) is 12.2 Å². The fraction of sp³-hybridized carbons (Fsp3) is 0.688. The maximum absolute atomic E-state index is 12.4. The van der Waals surface area contributed by atoms with Crippen molar-refractivity contribution in [2.75, 3.05) is 19.6 Å². The monoisotopic (exact) mass is 290 g/mol. The molecule has 21 heavy (non-hydrogen) atoms. The summed E-state index contributed by atoms with van der Waals surface area (Å²) >= 11 is 0. The van der Waals surface area contributed by atoms with E-state index in [4.69, 9.17) is 0 Å². The van der Waals surface area contributed by atoms with Gasteiger partial charge in [-0.3, -0.25) is 19.3 Å². The lowest BCUT2D eigenvalue weighted by Crippen LogP contribution is -2.46. The largest absolute Gasteiger partial charge is 0.341 e. The van der Waals surface area contributed by atoms with Gasteiger partial charge < -0.3 is 4.90 Å².